The van der Waals surface area contributed by atoms with Gasteiger partial charge in [0.05, 0.1) is 6.61 Å². The maximum Gasteiger partial charge on any atom is 0.119 e. The minimum absolute atomic E-state index is 0.467. The largest absolute Gasteiger partial charge is 0.494 e. The molecule has 0 amide bonds. The van der Waals surface area contributed by atoms with E-state index in [-0.39, 0.29) is 0 Å². The standard InChI is InChI=1S/C15H23NOS/c1-4-14-15(16-5-2)13-9-12(17-6-3)8-7-11(13)10-18-14/h7-9,14-16H,4-6,10H2,1-3H3. The quantitative estimate of drug-likeness (QED) is 0.876. The van der Waals surface area contributed by atoms with Crippen LogP contribution in [0.4, 0.5) is 0 Å². The first kappa shape index (κ1) is 13.8. The summed E-state index contributed by atoms with van der Waals surface area (Å²) in [5, 5.41) is 4.31. The van der Waals surface area contributed by atoms with Crippen LogP contribution in [-0.4, -0.2) is 18.4 Å². The molecule has 2 rings (SSSR count). The first-order chi connectivity index (χ1) is 8.80. The van der Waals surface area contributed by atoms with Crippen LogP contribution in [0.5, 0.6) is 5.75 Å². The lowest BCUT2D eigenvalue weighted by molar-refractivity contribution is 0.339. The average Bonchev–Trinajstić information content (AvgIpc) is 2.40. The molecule has 1 N–H and O–H groups in total. The molecule has 1 aliphatic heterocycles. The smallest absolute Gasteiger partial charge is 0.119 e. The van der Waals surface area contributed by atoms with Gasteiger partial charge in [0.1, 0.15) is 5.75 Å². The van der Waals surface area contributed by atoms with Crippen molar-refractivity contribution in [1.29, 1.82) is 0 Å². The van der Waals surface area contributed by atoms with Gasteiger partial charge < -0.3 is 10.1 Å². The van der Waals surface area contributed by atoms with Gasteiger partial charge in [-0.15, -0.1) is 0 Å². The Hall–Kier alpha value is -0.670. The molecule has 1 aromatic rings. The maximum absolute atomic E-state index is 5.63. The van der Waals surface area contributed by atoms with Crippen molar-refractivity contribution >= 4 is 11.8 Å². The molecule has 3 heteroatoms. The van der Waals surface area contributed by atoms with E-state index in [1.54, 1.807) is 0 Å². The Morgan fingerprint density at radius 1 is 1.33 bits per heavy atom. The number of hydrogen-bond donors (Lipinski definition) is 1. The minimum atomic E-state index is 0.467. The van der Waals surface area contributed by atoms with Gasteiger partial charge in [-0.1, -0.05) is 19.9 Å². The molecular weight excluding hydrogens is 242 g/mol. The molecule has 0 radical (unpaired) electrons. The predicted octanol–water partition coefficient (Wildman–Crippen LogP) is 3.76. The van der Waals surface area contributed by atoms with E-state index < -0.39 is 0 Å². The van der Waals surface area contributed by atoms with E-state index in [9.17, 15) is 0 Å². The summed E-state index contributed by atoms with van der Waals surface area (Å²) in [7, 11) is 0. The van der Waals surface area contributed by atoms with E-state index in [1.165, 1.54) is 17.5 Å². The zero-order chi connectivity index (χ0) is 13.0. The van der Waals surface area contributed by atoms with Crippen LogP contribution in [0.2, 0.25) is 0 Å². The number of benzene rings is 1. The fourth-order valence-electron chi connectivity index (χ4n) is 2.56. The van der Waals surface area contributed by atoms with E-state index in [0.717, 1.165) is 24.7 Å². The number of hydrogen-bond acceptors (Lipinski definition) is 3. The molecular formula is C15H23NOS. The van der Waals surface area contributed by atoms with Crippen LogP contribution < -0.4 is 10.1 Å². The third kappa shape index (κ3) is 2.83. The summed E-state index contributed by atoms with van der Waals surface area (Å²) < 4.78 is 5.63. The molecule has 0 bridgehead atoms. The molecule has 0 fully saturated rings. The molecule has 1 aliphatic rings. The van der Waals surface area contributed by atoms with E-state index >= 15 is 0 Å². The number of rotatable bonds is 5. The predicted molar refractivity (Wildman–Crippen MR) is 79.4 cm³/mol. The maximum atomic E-state index is 5.63. The SMILES string of the molecule is CCNC1c2cc(OCC)ccc2CSC1CC. The summed E-state index contributed by atoms with van der Waals surface area (Å²) in [5.41, 5.74) is 2.90. The second kappa shape index (κ2) is 6.48. The highest BCUT2D eigenvalue weighted by Crippen LogP contribution is 2.40. The van der Waals surface area contributed by atoms with Crippen LogP contribution in [0.3, 0.4) is 0 Å². The van der Waals surface area contributed by atoms with Crippen LogP contribution in [0.25, 0.3) is 0 Å². The van der Waals surface area contributed by atoms with Gasteiger partial charge in [0.25, 0.3) is 0 Å². The lowest BCUT2D eigenvalue weighted by Crippen LogP contribution is -2.33. The van der Waals surface area contributed by atoms with Crippen LogP contribution >= 0.6 is 11.8 Å². The Bertz CT molecular complexity index is 394. The van der Waals surface area contributed by atoms with Crippen LogP contribution in [0.1, 0.15) is 44.4 Å². The fourth-order valence-corrected chi connectivity index (χ4v) is 3.89. The molecule has 1 aromatic carbocycles. The highest BCUT2D eigenvalue weighted by molar-refractivity contribution is 7.99. The number of ether oxygens (including phenoxy) is 1. The summed E-state index contributed by atoms with van der Waals surface area (Å²) in [6, 6.07) is 7.02. The second-order valence-electron chi connectivity index (χ2n) is 4.59. The summed E-state index contributed by atoms with van der Waals surface area (Å²) >= 11 is 2.07. The van der Waals surface area contributed by atoms with Crippen molar-refractivity contribution in [3.8, 4) is 5.75 Å². The van der Waals surface area contributed by atoms with Crippen LogP contribution in [0.15, 0.2) is 18.2 Å². The van der Waals surface area contributed by atoms with Crippen LogP contribution in [0, 0.1) is 0 Å². The Morgan fingerprint density at radius 2 is 2.17 bits per heavy atom. The van der Waals surface area contributed by atoms with Crippen molar-refractivity contribution in [2.75, 3.05) is 13.2 Å². The molecule has 2 unspecified atom stereocenters. The van der Waals surface area contributed by atoms with E-state index in [1.807, 2.05) is 6.92 Å². The average molecular weight is 265 g/mol. The van der Waals surface area contributed by atoms with Gasteiger partial charge >= 0.3 is 0 Å². The third-order valence-electron chi connectivity index (χ3n) is 3.41. The monoisotopic (exact) mass is 265 g/mol. The molecule has 0 aliphatic carbocycles. The van der Waals surface area contributed by atoms with Crippen molar-refractivity contribution in [2.24, 2.45) is 0 Å². The Morgan fingerprint density at radius 3 is 2.83 bits per heavy atom. The summed E-state index contributed by atoms with van der Waals surface area (Å²) in [4.78, 5) is 0. The van der Waals surface area contributed by atoms with Crippen molar-refractivity contribution in [3.63, 3.8) is 0 Å². The van der Waals surface area contributed by atoms with Gasteiger partial charge in [0.2, 0.25) is 0 Å². The van der Waals surface area contributed by atoms with Crippen molar-refractivity contribution < 1.29 is 4.74 Å². The van der Waals surface area contributed by atoms with Gasteiger partial charge in [-0.25, -0.2) is 0 Å². The number of nitrogens with one attached hydrogen (secondary N) is 1. The summed E-state index contributed by atoms with van der Waals surface area (Å²) in [6.45, 7) is 8.24. The Kier molecular flexibility index (Phi) is 4.95. The highest BCUT2D eigenvalue weighted by Gasteiger charge is 2.28. The fraction of sp³-hybridized carbons (Fsp3) is 0.600. The topological polar surface area (TPSA) is 21.3 Å². The zero-order valence-electron chi connectivity index (χ0n) is 11.5. The highest BCUT2D eigenvalue weighted by atomic mass is 32.2. The van der Waals surface area contributed by atoms with Crippen molar-refractivity contribution in [2.45, 2.75) is 44.2 Å². The van der Waals surface area contributed by atoms with Gasteiger partial charge in [-0.05, 0) is 43.1 Å². The van der Waals surface area contributed by atoms with Gasteiger partial charge in [0, 0.05) is 17.0 Å². The first-order valence-electron chi connectivity index (χ1n) is 6.90. The normalized spacial score (nSPS) is 22.6. The van der Waals surface area contributed by atoms with Gasteiger partial charge in [-0.3, -0.25) is 0 Å². The second-order valence-corrected chi connectivity index (χ2v) is 5.81. The lowest BCUT2D eigenvalue weighted by Gasteiger charge is -2.33. The lowest BCUT2D eigenvalue weighted by atomic mass is 9.96. The molecule has 2 nitrogen and oxygen atoms in total. The molecule has 0 spiro atoms. The molecule has 1 heterocycles. The molecule has 0 aromatic heterocycles. The van der Waals surface area contributed by atoms with Crippen molar-refractivity contribution in [1.82, 2.24) is 5.32 Å². The molecule has 0 saturated heterocycles. The number of fused-ring (bicyclic) bond motifs is 1. The first-order valence-corrected chi connectivity index (χ1v) is 7.95. The molecule has 2 atom stereocenters. The summed E-state index contributed by atoms with van der Waals surface area (Å²) in [6.07, 6.45) is 1.21. The van der Waals surface area contributed by atoms with Gasteiger partial charge in [0.15, 0.2) is 0 Å². The van der Waals surface area contributed by atoms with Gasteiger partial charge in [-0.2, -0.15) is 11.8 Å². The Balaban J connectivity index is 2.31. The van der Waals surface area contributed by atoms with E-state index in [0.29, 0.717) is 11.3 Å². The van der Waals surface area contributed by atoms with Crippen LogP contribution in [-0.2, 0) is 5.75 Å². The Labute approximate surface area is 114 Å². The molecule has 100 valence electrons. The van der Waals surface area contributed by atoms with E-state index in [2.05, 4.69) is 49.1 Å². The van der Waals surface area contributed by atoms with Crippen molar-refractivity contribution in [3.05, 3.63) is 29.3 Å². The zero-order valence-corrected chi connectivity index (χ0v) is 12.3. The molecule has 18 heavy (non-hydrogen) atoms. The number of thioether (sulfide) groups is 1. The summed E-state index contributed by atoms with van der Waals surface area (Å²) in [5.74, 6) is 2.13. The van der Waals surface area contributed by atoms with E-state index in [4.69, 9.17) is 4.74 Å². The minimum Gasteiger partial charge on any atom is -0.494 e. The third-order valence-corrected chi connectivity index (χ3v) is 4.93. The molecule has 0 saturated carbocycles.